The zero-order valence-electron chi connectivity index (χ0n) is 19.3. The Bertz CT molecular complexity index is 1120. The molecule has 32 heavy (non-hydrogen) atoms. The Morgan fingerprint density at radius 2 is 1.88 bits per heavy atom. The quantitative estimate of drug-likeness (QED) is 0.491. The van der Waals surface area contributed by atoms with Crippen molar-refractivity contribution < 1.29 is 9.53 Å². The van der Waals surface area contributed by atoms with Crippen LogP contribution in [0.2, 0.25) is 0 Å². The molecule has 1 N–H and O–H groups in total. The molecule has 3 aromatic rings. The summed E-state index contributed by atoms with van der Waals surface area (Å²) in [6.07, 6.45) is 2.90. The van der Waals surface area contributed by atoms with Crippen LogP contribution >= 0.6 is 0 Å². The first-order chi connectivity index (χ1) is 15.5. The van der Waals surface area contributed by atoms with Crippen molar-refractivity contribution >= 4 is 16.7 Å². The highest BCUT2D eigenvalue weighted by Crippen LogP contribution is 2.22. The van der Waals surface area contributed by atoms with Crippen molar-refractivity contribution in [1.29, 1.82) is 0 Å². The maximum atomic E-state index is 13.2. The van der Waals surface area contributed by atoms with Gasteiger partial charge in [0.15, 0.2) is 5.69 Å². The number of amides is 1. The Hall–Kier alpha value is -3.19. The normalized spacial score (nSPS) is 12.2. The predicted octanol–water partition coefficient (Wildman–Crippen LogP) is 3.63. The van der Waals surface area contributed by atoms with E-state index >= 15 is 0 Å². The number of aromatic nitrogens is 2. The molecule has 0 bridgehead atoms. The number of aryl methyl sites for hydroxylation is 1. The van der Waals surface area contributed by atoms with Crippen LogP contribution in [0.5, 0.6) is 5.75 Å². The van der Waals surface area contributed by atoms with Gasteiger partial charge in [0.2, 0.25) is 0 Å². The molecule has 3 rings (SSSR count). The lowest BCUT2D eigenvalue weighted by molar-refractivity contribution is 0.0936. The number of fused-ring (bicyclic) bond motifs is 1. The number of carbonyl (C=O) groups excluding carboxylic acids is 1. The molecule has 170 valence electrons. The molecule has 0 fully saturated rings. The van der Waals surface area contributed by atoms with E-state index in [1.165, 1.54) is 4.68 Å². The van der Waals surface area contributed by atoms with Gasteiger partial charge in [0.05, 0.1) is 18.5 Å². The largest absolute Gasteiger partial charge is 0.497 e. The molecule has 1 amide bonds. The van der Waals surface area contributed by atoms with Crippen molar-refractivity contribution in [2.24, 2.45) is 0 Å². The molecule has 1 aromatic heterocycles. The highest BCUT2D eigenvalue weighted by atomic mass is 16.5. The van der Waals surface area contributed by atoms with E-state index < -0.39 is 0 Å². The molecule has 7 nitrogen and oxygen atoms in total. The minimum absolute atomic E-state index is 0.0456. The van der Waals surface area contributed by atoms with Crippen molar-refractivity contribution in [2.45, 2.75) is 38.8 Å². The SMILES string of the molecule is CCCCCn1nc(C(=O)NCC(c2cccc(OC)c2)N(C)C)c2ccccc2c1=O. The van der Waals surface area contributed by atoms with Crippen LogP contribution in [0.3, 0.4) is 0 Å². The Balaban J connectivity index is 1.88. The number of likely N-dealkylation sites (N-methyl/N-ethyl adjacent to an activating group) is 1. The summed E-state index contributed by atoms with van der Waals surface area (Å²) >= 11 is 0. The molecule has 0 aliphatic carbocycles. The van der Waals surface area contributed by atoms with Crippen molar-refractivity contribution in [3.8, 4) is 5.75 Å². The van der Waals surface area contributed by atoms with Gasteiger partial charge in [-0.1, -0.05) is 50.1 Å². The summed E-state index contributed by atoms with van der Waals surface area (Å²) in [6.45, 7) is 3.00. The molecule has 0 saturated heterocycles. The first-order valence-electron chi connectivity index (χ1n) is 11.0. The summed E-state index contributed by atoms with van der Waals surface area (Å²) in [7, 11) is 5.58. The highest BCUT2D eigenvalue weighted by molar-refractivity contribution is 6.04. The van der Waals surface area contributed by atoms with Gasteiger partial charge in [0, 0.05) is 18.5 Å². The van der Waals surface area contributed by atoms with Gasteiger partial charge in [-0.25, -0.2) is 4.68 Å². The molecule has 0 saturated carbocycles. The monoisotopic (exact) mass is 436 g/mol. The number of nitrogens with one attached hydrogen (secondary N) is 1. The lowest BCUT2D eigenvalue weighted by atomic mass is 10.1. The second-order valence-electron chi connectivity index (χ2n) is 8.10. The summed E-state index contributed by atoms with van der Waals surface area (Å²) < 4.78 is 6.77. The predicted molar refractivity (Wildman–Crippen MR) is 127 cm³/mol. The maximum absolute atomic E-state index is 13.2. The Labute approximate surface area is 189 Å². The first-order valence-corrected chi connectivity index (χ1v) is 11.0. The van der Waals surface area contributed by atoms with Crippen molar-refractivity contribution in [3.05, 3.63) is 70.1 Å². The number of hydrogen-bond acceptors (Lipinski definition) is 5. The topological polar surface area (TPSA) is 76.5 Å². The van der Waals surface area contributed by atoms with E-state index in [2.05, 4.69) is 17.3 Å². The van der Waals surface area contributed by atoms with E-state index in [1.54, 1.807) is 19.2 Å². The van der Waals surface area contributed by atoms with Gasteiger partial charge >= 0.3 is 0 Å². The molecular formula is C25H32N4O3. The third kappa shape index (κ3) is 5.34. The maximum Gasteiger partial charge on any atom is 0.274 e. The van der Waals surface area contributed by atoms with Crippen molar-refractivity contribution in [1.82, 2.24) is 20.0 Å². The third-order valence-electron chi connectivity index (χ3n) is 5.61. The molecule has 7 heteroatoms. The zero-order chi connectivity index (χ0) is 23.1. The second kappa shape index (κ2) is 10.9. The molecule has 0 aliphatic heterocycles. The molecule has 2 aromatic carbocycles. The number of rotatable bonds is 10. The van der Waals surface area contributed by atoms with Gasteiger partial charge < -0.3 is 15.0 Å². The number of nitrogens with zero attached hydrogens (tertiary/aromatic N) is 3. The summed E-state index contributed by atoms with van der Waals surface area (Å²) in [5.74, 6) is 0.479. The standard InChI is InChI=1S/C25H32N4O3/c1-5-6-9-15-29-25(31)21-14-8-7-13-20(21)23(27-29)24(30)26-17-22(28(2)3)18-11-10-12-19(16-18)32-4/h7-8,10-14,16,22H,5-6,9,15,17H2,1-4H3,(H,26,30). The van der Waals surface area contributed by atoms with Gasteiger partial charge in [-0.15, -0.1) is 0 Å². The molecule has 1 unspecified atom stereocenters. The number of carbonyl (C=O) groups is 1. The first kappa shape index (κ1) is 23.5. The van der Waals surface area contributed by atoms with Crippen LogP contribution in [-0.4, -0.2) is 48.3 Å². The van der Waals surface area contributed by atoms with Crippen LogP contribution in [0.15, 0.2) is 53.3 Å². The van der Waals surface area contributed by atoms with Gasteiger partial charge in [0.25, 0.3) is 11.5 Å². The number of benzene rings is 2. The Morgan fingerprint density at radius 1 is 1.12 bits per heavy atom. The van der Waals surface area contributed by atoms with E-state index in [-0.39, 0.29) is 23.2 Å². The average molecular weight is 437 g/mol. The summed E-state index contributed by atoms with van der Waals surface area (Å²) in [5, 5.41) is 8.57. The van der Waals surface area contributed by atoms with Crippen molar-refractivity contribution in [2.75, 3.05) is 27.7 Å². The summed E-state index contributed by atoms with van der Waals surface area (Å²) in [4.78, 5) is 28.1. The number of unbranched alkanes of at least 4 members (excludes halogenated alkanes) is 2. The van der Waals surface area contributed by atoms with E-state index in [9.17, 15) is 9.59 Å². The lowest BCUT2D eigenvalue weighted by Gasteiger charge is -2.25. The van der Waals surface area contributed by atoms with Gasteiger partial charge in [0.1, 0.15) is 5.75 Å². The zero-order valence-corrected chi connectivity index (χ0v) is 19.3. The van der Waals surface area contributed by atoms with Crippen LogP contribution in [0.4, 0.5) is 0 Å². The highest BCUT2D eigenvalue weighted by Gasteiger charge is 2.20. The van der Waals surface area contributed by atoms with Gasteiger partial charge in [-0.2, -0.15) is 5.10 Å². The van der Waals surface area contributed by atoms with Crippen molar-refractivity contribution in [3.63, 3.8) is 0 Å². The molecule has 0 spiro atoms. The summed E-state index contributed by atoms with van der Waals surface area (Å²) in [5.41, 5.74) is 1.16. The van der Waals surface area contributed by atoms with Crippen LogP contribution < -0.4 is 15.6 Å². The van der Waals surface area contributed by atoms with E-state index in [1.807, 2.05) is 55.4 Å². The second-order valence-corrected chi connectivity index (χ2v) is 8.10. The molecule has 0 aliphatic rings. The van der Waals surface area contributed by atoms with Gasteiger partial charge in [-0.3, -0.25) is 9.59 Å². The van der Waals surface area contributed by atoms with E-state index in [0.717, 1.165) is 30.6 Å². The fraction of sp³-hybridized carbons (Fsp3) is 0.400. The third-order valence-corrected chi connectivity index (χ3v) is 5.61. The number of hydrogen-bond donors (Lipinski definition) is 1. The average Bonchev–Trinajstić information content (AvgIpc) is 2.80. The summed E-state index contributed by atoms with van der Waals surface area (Å²) in [6, 6.07) is 14.9. The smallest absolute Gasteiger partial charge is 0.274 e. The fourth-order valence-corrected chi connectivity index (χ4v) is 3.79. The van der Waals surface area contributed by atoms with Crippen LogP contribution in [0, 0.1) is 0 Å². The van der Waals surface area contributed by atoms with Crippen LogP contribution in [-0.2, 0) is 6.54 Å². The van der Waals surface area contributed by atoms with E-state index in [0.29, 0.717) is 23.9 Å². The molecule has 1 heterocycles. The minimum Gasteiger partial charge on any atom is -0.497 e. The van der Waals surface area contributed by atoms with Gasteiger partial charge in [-0.05, 0) is 44.3 Å². The Kier molecular flexibility index (Phi) is 8.00. The molecule has 0 radical (unpaired) electrons. The number of ether oxygens (including phenoxy) is 1. The van der Waals surface area contributed by atoms with Crippen LogP contribution in [0.1, 0.15) is 48.3 Å². The molecule has 1 atom stereocenters. The minimum atomic E-state index is -0.291. The fourth-order valence-electron chi connectivity index (χ4n) is 3.79. The van der Waals surface area contributed by atoms with E-state index in [4.69, 9.17) is 4.74 Å². The number of methoxy groups -OCH3 is 1. The molecular weight excluding hydrogens is 404 g/mol. The Morgan fingerprint density at radius 3 is 2.56 bits per heavy atom. The van der Waals surface area contributed by atoms with Crippen LogP contribution in [0.25, 0.3) is 10.8 Å². The lowest BCUT2D eigenvalue weighted by Crippen LogP contribution is -2.36.